The van der Waals surface area contributed by atoms with Crippen molar-refractivity contribution in [3.8, 4) is 5.69 Å². The molecule has 3 aromatic rings. The number of nitrogens with two attached hydrogens (primary N) is 1. The lowest BCUT2D eigenvalue weighted by atomic mass is 10.2. The van der Waals surface area contributed by atoms with Crippen molar-refractivity contribution in [1.29, 1.82) is 0 Å². The molecule has 2 aromatic carbocycles. The molecule has 0 aliphatic rings. The quantitative estimate of drug-likeness (QED) is 0.674. The maximum Gasteiger partial charge on any atom is 0.0685 e. The van der Waals surface area contributed by atoms with Gasteiger partial charge in [0.05, 0.1) is 16.9 Å². The first-order chi connectivity index (χ1) is 8.25. The van der Waals surface area contributed by atoms with Crippen LogP contribution in [-0.2, 0) is 0 Å². The summed E-state index contributed by atoms with van der Waals surface area (Å²) >= 11 is 3.48. The van der Waals surface area contributed by atoms with Gasteiger partial charge in [-0.15, -0.1) is 0 Å². The monoisotopic (exact) mass is 286 g/mol. The average Bonchev–Trinajstić information content (AvgIpc) is 2.72. The molecule has 0 bridgehead atoms. The number of rotatable bonds is 1. The zero-order chi connectivity index (χ0) is 11.8. The van der Waals surface area contributed by atoms with Crippen molar-refractivity contribution in [2.45, 2.75) is 0 Å². The van der Waals surface area contributed by atoms with Crippen molar-refractivity contribution >= 4 is 32.5 Å². The number of nitrogens with zero attached hydrogens (tertiary/aromatic N) is 1. The summed E-state index contributed by atoms with van der Waals surface area (Å²) in [5.41, 5.74) is 8.96. The minimum Gasteiger partial charge on any atom is -0.397 e. The van der Waals surface area contributed by atoms with Crippen LogP contribution in [0.15, 0.2) is 59.2 Å². The number of hydrogen-bond acceptors (Lipinski definition) is 1. The van der Waals surface area contributed by atoms with Gasteiger partial charge in [0.2, 0.25) is 0 Å². The number of fused-ring (bicyclic) bond motifs is 1. The molecule has 0 radical (unpaired) electrons. The van der Waals surface area contributed by atoms with E-state index in [-0.39, 0.29) is 0 Å². The number of hydrogen-bond donors (Lipinski definition) is 1. The number of halogens is 1. The molecule has 0 unspecified atom stereocenters. The van der Waals surface area contributed by atoms with Crippen LogP contribution in [0.4, 0.5) is 5.69 Å². The van der Waals surface area contributed by atoms with Gasteiger partial charge in [-0.05, 0) is 36.4 Å². The summed E-state index contributed by atoms with van der Waals surface area (Å²) in [6, 6.07) is 16.2. The highest BCUT2D eigenvalue weighted by Gasteiger charge is 2.05. The third-order valence-electron chi connectivity index (χ3n) is 2.85. The fourth-order valence-corrected chi connectivity index (χ4v) is 2.41. The smallest absolute Gasteiger partial charge is 0.0685 e. The first kappa shape index (κ1) is 10.4. The number of benzene rings is 2. The molecule has 0 spiro atoms. The fraction of sp³-hybridized carbons (Fsp3) is 0. The molecular weight excluding hydrogens is 276 g/mol. The molecule has 1 heterocycles. The average molecular weight is 287 g/mol. The number of nitrogen functional groups attached to an aromatic ring is 1. The molecule has 3 rings (SSSR count). The molecule has 0 aliphatic carbocycles. The van der Waals surface area contributed by atoms with Gasteiger partial charge in [0.15, 0.2) is 0 Å². The van der Waals surface area contributed by atoms with E-state index in [1.165, 1.54) is 5.39 Å². The van der Waals surface area contributed by atoms with E-state index in [0.29, 0.717) is 0 Å². The van der Waals surface area contributed by atoms with Gasteiger partial charge in [0, 0.05) is 16.1 Å². The number of aromatic nitrogens is 1. The highest BCUT2D eigenvalue weighted by Crippen LogP contribution is 2.26. The molecule has 17 heavy (non-hydrogen) atoms. The van der Waals surface area contributed by atoms with Crippen molar-refractivity contribution in [1.82, 2.24) is 4.57 Å². The van der Waals surface area contributed by atoms with Gasteiger partial charge < -0.3 is 10.3 Å². The lowest BCUT2D eigenvalue weighted by Gasteiger charge is -2.08. The van der Waals surface area contributed by atoms with Gasteiger partial charge >= 0.3 is 0 Å². The lowest BCUT2D eigenvalue weighted by molar-refractivity contribution is 1.13. The second kappa shape index (κ2) is 3.93. The zero-order valence-electron chi connectivity index (χ0n) is 9.10. The van der Waals surface area contributed by atoms with E-state index in [2.05, 4.69) is 38.7 Å². The summed E-state index contributed by atoms with van der Waals surface area (Å²) in [6.07, 6.45) is 2.04. The van der Waals surface area contributed by atoms with Crippen LogP contribution in [0, 0.1) is 0 Å². The van der Waals surface area contributed by atoms with E-state index < -0.39 is 0 Å². The Hall–Kier alpha value is -1.74. The topological polar surface area (TPSA) is 30.9 Å². The summed E-state index contributed by atoms with van der Waals surface area (Å²) in [6.45, 7) is 0. The highest BCUT2D eigenvalue weighted by molar-refractivity contribution is 9.10. The summed E-state index contributed by atoms with van der Waals surface area (Å²) in [4.78, 5) is 0. The van der Waals surface area contributed by atoms with Crippen molar-refractivity contribution in [3.63, 3.8) is 0 Å². The van der Waals surface area contributed by atoms with Gasteiger partial charge in [0.1, 0.15) is 0 Å². The predicted octanol–water partition coefficient (Wildman–Crippen LogP) is 3.98. The SMILES string of the molecule is Nc1ccccc1-n1ccc2cc(Br)ccc21. The Morgan fingerprint density at radius 3 is 2.65 bits per heavy atom. The molecular formula is C14H11BrN2. The summed E-state index contributed by atoms with van der Waals surface area (Å²) in [7, 11) is 0. The summed E-state index contributed by atoms with van der Waals surface area (Å²) in [5, 5.41) is 1.20. The van der Waals surface area contributed by atoms with Crippen molar-refractivity contribution < 1.29 is 0 Å². The van der Waals surface area contributed by atoms with E-state index in [4.69, 9.17) is 5.73 Å². The molecule has 3 heteroatoms. The Morgan fingerprint density at radius 1 is 1.00 bits per heavy atom. The standard InChI is InChI=1S/C14H11BrN2/c15-11-5-6-13-10(9-11)7-8-17(13)14-4-2-1-3-12(14)16/h1-9H,16H2. The summed E-state index contributed by atoms with van der Waals surface area (Å²) in [5.74, 6) is 0. The third-order valence-corrected chi connectivity index (χ3v) is 3.34. The molecule has 0 amide bonds. The minimum absolute atomic E-state index is 0.785. The van der Waals surface area contributed by atoms with Gasteiger partial charge in [-0.3, -0.25) is 0 Å². The van der Waals surface area contributed by atoms with Crippen LogP contribution in [0.3, 0.4) is 0 Å². The van der Waals surface area contributed by atoms with Crippen LogP contribution in [0.5, 0.6) is 0 Å². The molecule has 0 fully saturated rings. The highest BCUT2D eigenvalue weighted by atomic mass is 79.9. The van der Waals surface area contributed by atoms with E-state index in [1.807, 2.05) is 36.5 Å². The van der Waals surface area contributed by atoms with Crippen molar-refractivity contribution in [2.75, 3.05) is 5.73 Å². The molecule has 0 atom stereocenters. The van der Waals surface area contributed by atoms with Gasteiger partial charge in [-0.2, -0.15) is 0 Å². The predicted molar refractivity (Wildman–Crippen MR) is 75.4 cm³/mol. The normalized spacial score (nSPS) is 10.9. The lowest BCUT2D eigenvalue weighted by Crippen LogP contribution is -1.97. The number of para-hydroxylation sites is 2. The van der Waals surface area contributed by atoms with Crippen LogP contribution in [0.1, 0.15) is 0 Å². The third kappa shape index (κ3) is 1.72. The van der Waals surface area contributed by atoms with Crippen LogP contribution < -0.4 is 5.73 Å². The van der Waals surface area contributed by atoms with E-state index >= 15 is 0 Å². The molecule has 0 aliphatic heterocycles. The maximum absolute atomic E-state index is 6.00. The first-order valence-corrected chi connectivity index (χ1v) is 6.16. The molecule has 2 nitrogen and oxygen atoms in total. The second-order valence-corrected chi connectivity index (χ2v) is 4.86. The van der Waals surface area contributed by atoms with Gasteiger partial charge in [-0.1, -0.05) is 28.1 Å². The van der Waals surface area contributed by atoms with Gasteiger partial charge in [0.25, 0.3) is 0 Å². The maximum atomic E-state index is 6.00. The molecule has 0 saturated carbocycles. The zero-order valence-corrected chi connectivity index (χ0v) is 10.7. The Morgan fingerprint density at radius 2 is 1.82 bits per heavy atom. The van der Waals surface area contributed by atoms with Crippen molar-refractivity contribution in [3.05, 3.63) is 59.2 Å². The summed E-state index contributed by atoms with van der Waals surface area (Å²) < 4.78 is 3.20. The van der Waals surface area contributed by atoms with Crippen LogP contribution in [-0.4, -0.2) is 4.57 Å². The number of anilines is 1. The van der Waals surface area contributed by atoms with Crippen molar-refractivity contribution in [2.24, 2.45) is 0 Å². The first-order valence-electron chi connectivity index (χ1n) is 5.37. The Balaban J connectivity index is 2.29. The van der Waals surface area contributed by atoms with Gasteiger partial charge in [-0.25, -0.2) is 0 Å². The van der Waals surface area contributed by atoms with Crippen LogP contribution in [0.25, 0.3) is 16.6 Å². The van der Waals surface area contributed by atoms with Crippen LogP contribution in [0.2, 0.25) is 0 Å². The second-order valence-electron chi connectivity index (χ2n) is 3.95. The fourth-order valence-electron chi connectivity index (χ4n) is 2.03. The Labute approximate surface area is 108 Å². The Kier molecular flexibility index (Phi) is 2.41. The van der Waals surface area contributed by atoms with Crippen LogP contribution >= 0.6 is 15.9 Å². The molecule has 2 N–H and O–H groups in total. The Bertz CT molecular complexity index is 686. The van der Waals surface area contributed by atoms with E-state index in [9.17, 15) is 0 Å². The molecule has 0 saturated heterocycles. The largest absolute Gasteiger partial charge is 0.397 e. The molecule has 84 valence electrons. The minimum atomic E-state index is 0.785. The van der Waals surface area contributed by atoms with E-state index in [1.54, 1.807) is 0 Å². The molecule has 1 aromatic heterocycles. The van der Waals surface area contributed by atoms with E-state index in [0.717, 1.165) is 21.4 Å².